The third-order valence-electron chi connectivity index (χ3n) is 12.4. The van der Waals surface area contributed by atoms with Crippen LogP contribution in [0.1, 0.15) is 223 Å². The first-order chi connectivity index (χ1) is 33.8. The Morgan fingerprint density at radius 3 is 1.35 bits per heavy atom. The Kier molecular flexibility index (Phi) is 43.7. The SMILES string of the molecule is CCCCCCCCC=CCCCCCCCCOCCCN(CCCOCCCCCCCCC=CCCCCCCCC)C(=O)C[C@@H](NC(=O)O)C(=O)NCCNC(=O)c1ccc(OC)cc1. The lowest BCUT2D eigenvalue weighted by Crippen LogP contribution is -2.50. The number of methoxy groups -OCH3 is 1. The van der Waals surface area contributed by atoms with Gasteiger partial charge in [-0.05, 0) is 101 Å². The number of amides is 4. The van der Waals surface area contributed by atoms with Crippen LogP contribution in [0, 0.1) is 0 Å². The van der Waals surface area contributed by atoms with Crippen LogP contribution in [0.2, 0.25) is 0 Å². The summed E-state index contributed by atoms with van der Waals surface area (Å²) < 4.78 is 17.0. The van der Waals surface area contributed by atoms with E-state index in [1.54, 1.807) is 36.3 Å². The van der Waals surface area contributed by atoms with E-state index in [1.165, 1.54) is 154 Å². The Morgan fingerprint density at radius 2 is 0.928 bits per heavy atom. The summed E-state index contributed by atoms with van der Waals surface area (Å²) in [7, 11) is 1.55. The van der Waals surface area contributed by atoms with Crippen molar-refractivity contribution in [3.05, 3.63) is 54.1 Å². The van der Waals surface area contributed by atoms with Crippen molar-refractivity contribution in [2.45, 2.75) is 219 Å². The van der Waals surface area contributed by atoms with Gasteiger partial charge in [0.05, 0.1) is 13.5 Å². The van der Waals surface area contributed by atoms with Crippen molar-refractivity contribution in [2.75, 3.05) is 59.7 Å². The number of nitrogens with zero attached hydrogens (tertiary/aromatic N) is 1. The van der Waals surface area contributed by atoms with Crippen molar-refractivity contribution in [1.82, 2.24) is 20.9 Å². The molecule has 1 aromatic rings. The minimum Gasteiger partial charge on any atom is -0.497 e. The Labute approximate surface area is 420 Å². The fourth-order valence-corrected chi connectivity index (χ4v) is 8.17. The predicted octanol–water partition coefficient (Wildman–Crippen LogP) is 13.3. The monoisotopic (exact) mass is 969 g/mol. The number of allylic oxidation sites excluding steroid dienone is 4. The molecule has 12 heteroatoms. The zero-order chi connectivity index (χ0) is 50.1. The average molecular weight is 969 g/mol. The lowest BCUT2D eigenvalue weighted by Gasteiger charge is -2.25. The van der Waals surface area contributed by atoms with E-state index in [9.17, 15) is 24.3 Å². The number of hydrogen-bond acceptors (Lipinski definition) is 7. The van der Waals surface area contributed by atoms with Gasteiger partial charge in [-0.15, -0.1) is 0 Å². The molecule has 0 aliphatic heterocycles. The summed E-state index contributed by atoms with van der Waals surface area (Å²) in [6.45, 7) is 7.96. The molecule has 0 fully saturated rings. The van der Waals surface area contributed by atoms with Gasteiger partial charge in [0.25, 0.3) is 5.91 Å². The Morgan fingerprint density at radius 1 is 0.536 bits per heavy atom. The maximum absolute atomic E-state index is 13.7. The van der Waals surface area contributed by atoms with Crippen LogP contribution in [0.4, 0.5) is 4.79 Å². The van der Waals surface area contributed by atoms with Crippen LogP contribution in [0.5, 0.6) is 5.75 Å². The molecular formula is C57H100N4O8. The summed E-state index contributed by atoms with van der Waals surface area (Å²) in [6, 6.07) is 5.34. The summed E-state index contributed by atoms with van der Waals surface area (Å²) in [6.07, 6.45) is 44.3. The van der Waals surface area contributed by atoms with Gasteiger partial charge in [-0.2, -0.15) is 0 Å². The molecule has 4 N–H and O–H groups in total. The molecule has 0 radical (unpaired) electrons. The van der Waals surface area contributed by atoms with Crippen molar-refractivity contribution in [1.29, 1.82) is 0 Å². The predicted molar refractivity (Wildman–Crippen MR) is 284 cm³/mol. The second-order valence-corrected chi connectivity index (χ2v) is 18.7. The van der Waals surface area contributed by atoms with Crippen molar-refractivity contribution in [3.63, 3.8) is 0 Å². The zero-order valence-electron chi connectivity index (χ0n) is 44.0. The molecule has 69 heavy (non-hydrogen) atoms. The van der Waals surface area contributed by atoms with Crippen LogP contribution in [-0.2, 0) is 19.1 Å². The fraction of sp³-hybridized carbons (Fsp3) is 0.754. The summed E-state index contributed by atoms with van der Waals surface area (Å²) in [5.41, 5.74) is 0.436. The first kappa shape index (κ1) is 63.1. The number of carbonyl (C=O) groups is 4. The normalized spacial score (nSPS) is 11.9. The Hall–Kier alpha value is -3.90. The number of benzene rings is 1. The largest absolute Gasteiger partial charge is 0.497 e. The van der Waals surface area contributed by atoms with Crippen molar-refractivity contribution in [2.24, 2.45) is 0 Å². The molecule has 1 atom stereocenters. The maximum Gasteiger partial charge on any atom is 0.405 e. The van der Waals surface area contributed by atoms with Gasteiger partial charge in [0.1, 0.15) is 11.8 Å². The molecule has 0 heterocycles. The van der Waals surface area contributed by atoms with E-state index in [0.29, 0.717) is 63.7 Å². The minimum atomic E-state index is -1.40. The molecule has 0 aliphatic carbocycles. The second-order valence-electron chi connectivity index (χ2n) is 18.7. The fourth-order valence-electron chi connectivity index (χ4n) is 8.17. The topological polar surface area (TPSA) is 156 Å². The number of nitrogens with one attached hydrogen (secondary N) is 3. The molecule has 0 spiro atoms. The van der Waals surface area contributed by atoms with E-state index in [0.717, 1.165) is 25.7 Å². The first-order valence-electron chi connectivity index (χ1n) is 27.7. The van der Waals surface area contributed by atoms with E-state index in [1.807, 2.05) is 0 Å². The molecule has 396 valence electrons. The maximum atomic E-state index is 13.7. The van der Waals surface area contributed by atoms with Gasteiger partial charge in [-0.1, -0.05) is 154 Å². The minimum absolute atomic E-state index is 0.0547. The van der Waals surface area contributed by atoms with Crippen LogP contribution in [0.15, 0.2) is 48.6 Å². The van der Waals surface area contributed by atoms with Gasteiger partial charge in [-0.3, -0.25) is 14.4 Å². The second kappa shape index (κ2) is 47.8. The number of rotatable bonds is 49. The number of unbranched alkanes of at least 4 members (excludes halogenated alkanes) is 24. The quantitative estimate of drug-likeness (QED) is 0.0372. The number of hydrogen-bond donors (Lipinski definition) is 4. The number of carbonyl (C=O) groups excluding carboxylic acids is 3. The third-order valence-corrected chi connectivity index (χ3v) is 12.4. The number of carboxylic acid groups (broad SMARTS) is 1. The summed E-state index contributed by atoms with van der Waals surface area (Å²) >= 11 is 0. The van der Waals surface area contributed by atoms with Gasteiger partial charge in [-0.25, -0.2) is 4.79 Å². The highest BCUT2D eigenvalue weighted by molar-refractivity contribution is 5.94. The van der Waals surface area contributed by atoms with Crippen molar-refractivity contribution in [3.8, 4) is 5.75 Å². The molecule has 0 saturated carbocycles. The summed E-state index contributed by atoms with van der Waals surface area (Å²) in [5, 5.41) is 17.1. The van der Waals surface area contributed by atoms with Gasteiger partial charge in [0.15, 0.2) is 0 Å². The van der Waals surface area contributed by atoms with Gasteiger partial charge in [0.2, 0.25) is 11.8 Å². The van der Waals surface area contributed by atoms with Crippen LogP contribution >= 0.6 is 0 Å². The molecule has 4 amide bonds. The van der Waals surface area contributed by atoms with Crippen LogP contribution in [-0.4, -0.2) is 99.6 Å². The Balaban J connectivity index is 2.45. The molecule has 1 rings (SSSR count). The molecule has 0 unspecified atom stereocenters. The third kappa shape index (κ3) is 39.5. The molecule has 1 aromatic carbocycles. The highest BCUT2D eigenvalue weighted by Gasteiger charge is 2.26. The standard InChI is InChI=1S/C57H100N4O8/c1-4-6-8-10-12-14-16-18-20-22-24-26-28-30-32-34-46-68-48-36-44-61(45-37-49-69-47-35-33-31-29-27-25-23-21-19-17-15-13-11-9-7-5-2)54(62)50-53(60-57(65)66)56(64)59-43-42-58-55(63)51-38-40-52(67-3)41-39-51/h18-21,38-41,53,60H,4-17,22-37,42-50H2,1-3H3,(H,58,63)(H,59,64)(H,65,66)/t53-/m1/s1. The van der Waals surface area contributed by atoms with Crippen LogP contribution in [0.25, 0.3) is 0 Å². The lowest BCUT2D eigenvalue weighted by atomic mass is 10.1. The lowest BCUT2D eigenvalue weighted by molar-refractivity contribution is -0.135. The Bertz CT molecular complexity index is 1390. The van der Waals surface area contributed by atoms with E-state index in [2.05, 4.69) is 54.1 Å². The molecule has 12 nitrogen and oxygen atoms in total. The molecule has 0 bridgehead atoms. The van der Waals surface area contributed by atoms with E-state index in [-0.39, 0.29) is 31.3 Å². The average Bonchev–Trinajstić information content (AvgIpc) is 3.35. The van der Waals surface area contributed by atoms with E-state index < -0.39 is 18.0 Å². The van der Waals surface area contributed by atoms with Crippen LogP contribution < -0.4 is 20.7 Å². The van der Waals surface area contributed by atoms with Gasteiger partial charge < -0.3 is 40.2 Å². The highest BCUT2D eigenvalue weighted by Crippen LogP contribution is 2.14. The highest BCUT2D eigenvalue weighted by atomic mass is 16.5. The summed E-state index contributed by atoms with van der Waals surface area (Å²) in [4.78, 5) is 52.7. The van der Waals surface area contributed by atoms with Gasteiger partial charge >= 0.3 is 6.09 Å². The van der Waals surface area contributed by atoms with E-state index in [4.69, 9.17) is 14.2 Å². The van der Waals surface area contributed by atoms with Crippen molar-refractivity contribution >= 4 is 23.8 Å². The number of ether oxygens (including phenoxy) is 3. The smallest absolute Gasteiger partial charge is 0.405 e. The van der Waals surface area contributed by atoms with E-state index >= 15 is 0 Å². The molecule has 0 aliphatic rings. The molecule has 0 aromatic heterocycles. The molecular weight excluding hydrogens is 869 g/mol. The molecule has 0 saturated heterocycles. The first-order valence-corrected chi connectivity index (χ1v) is 27.7. The van der Waals surface area contributed by atoms with Gasteiger partial charge in [0, 0.05) is 58.2 Å². The zero-order valence-corrected chi connectivity index (χ0v) is 44.0. The van der Waals surface area contributed by atoms with Crippen LogP contribution in [0.3, 0.4) is 0 Å². The summed E-state index contributed by atoms with van der Waals surface area (Å²) in [5.74, 6) is -0.651. The van der Waals surface area contributed by atoms with Crippen molar-refractivity contribution < 1.29 is 38.5 Å².